The minimum Gasteiger partial charge on any atom is -0.349 e. The number of amides is 1. The highest BCUT2D eigenvalue weighted by atomic mass is 35.5. The minimum atomic E-state index is -0.229. The predicted molar refractivity (Wildman–Crippen MR) is 103 cm³/mol. The molecule has 6 nitrogen and oxygen atoms in total. The molecule has 0 fully saturated rings. The molecule has 3 rings (SSSR count). The molecule has 134 valence electrons. The van der Waals surface area contributed by atoms with Gasteiger partial charge in [-0.1, -0.05) is 41.0 Å². The summed E-state index contributed by atoms with van der Waals surface area (Å²) in [7, 11) is 0. The number of rotatable bonds is 6. The average molecular weight is 408 g/mol. The predicted octanol–water partition coefficient (Wildman–Crippen LogP) is 4.14. The van der Waals surface area contributed by atoms with Crippen molar-refractivity contribution < 1.29 is 4.79 Å². The third-order valence-corrected chi connectivity index (χ3v) is 4.97. The molecule has 0 spiro atoms. The molecule has 2 aromatic heterocycles. The van der Waals surface area contributed by atoms with Crippen molar-refractivity contribution in [3.63, 3.8) is 0 Å². The van der Waals surface area contributed by atoms with Gasteiger partial charge in [0.15, 0.2) is 5.82 Å². The quantitative estimate of drug-likeness (QED) is 0.599. The Labute approximate surface area is 164 Å². The Hall–Kier alpha value is -2.09. The Kier molecular flexibility index (Phi) is 6.13. The molecule has 0 bridgehead atoms. The summed E-state index contributed by atoms with van der Waals surface area (Å²) in [6, 6.07) is 8.64. The maximum Gasteiger partial charge on any atom is 0.230 e. The molecule has 0 aliphatic rings. The van der Waals surface area contributed by atoms with Crippen LogP contribution < -0.4 is 5.32 Å². The van der Waals surface area contributed by atoms with Crippen molar-refractivity contribution in [2.75, 3.05) is 5.75 Å². The van der Waals surface area contributed by atoms with Crippen LogP contribution in [-0.4, -0.2) is 31.8 Å². The van der Waals surface area contributed by atoms with E-state index in [4.69, 9.17) is 23.2 Å². The number of hydrogen-bond donors (Lipinski definition) is 2. The summed E-state index contributed by atoms with van der Waals surface area (Å²) in [6.45, 7) is 1.87. The van der Waals surface area contributed by atoms with Crippen molar-refractivity contribution in [3.05, 3.63) is 58.3 Å². The number of carbonyl (C=O) groups is 1. The fourth-order valence-corrected chi connectivity index (χ4v) is 3.48. The van der Waals surface area contributed by atoms with Crippen LogP contribution >= 0.6 is 35.0 Å². The number of nitrogens with zero attached hydrogens (tertiary/aromatic N) is 3. The number of H-pyrrole nitrogens is 1. The molecule has 1 aromatic carbocycles. The lowest BCUT2D eigenvalue weighted by Gasteiger charge is -2.15. The number of pyridine rings is 1. The number of benzene rings is 1. The molecular formula is C17H15Cl2N5OS. The van der Waals surface area contributed by atoms with Gasteiger partial charge in [0, 0.05) is 28.0 Å². The van der Waals surface area contributed by atoms with Gasteiger partial charge in [-0.05, 0) is 36.8 Å². The summed E-state index contributed by atoms with van der Waals surface area (Å²) in [5, 5.41) is 11.5. The van der Waals surface area contributed by atoms with E-state index in [1.54, 1.807) is 30.6 Å². The second-order valence-electron chi connectivity index (χ2n) is 5.45. The second-order valence-corrected chi connectivity index (χ2v) is 7.23. The second kappa shape index (κ2) is 8.53. The average Bonchev–Trinajstić information content (AvgIpc) is 3.09. The van der Waals surface area contributed by atoms with Crippen LogP contribution in [0.15, 0.2) is 47.9 Å². The van der Waals surface area contributed by atoms with E-state index in [9.17, 15) is 4.79 Å². The Morgan fingerprint density at radius 1 is 1.27 bits per heavy atom. The van der Waals surface area contributed by atoms with E-state index < -0.39 is 0 Å². The molecule has 0 aliphatic carbocycles. The lowest BCUT2D eigenvalue weighted by Crippen LogP contribution is -2.28. The molecular weight excluding hydrogens is 393 g/mol. The van der Waals surface area contributed by atoms with E-state index in [1.165, 1.54) is 11.8 Å². The maximum atomic E-state index is 12.2. The van der Waals surface area contributed by atoms with Gasteiger partial charge in [0.2, 0.25) is 11.1 Å². The summed E-state index contributed by atoms with van der Waals surface area (Å²) in [5.41, 5.74) is 1.70. The van der Waals surface area contributed by atoms with E-state index in [2.05, 4.69) is 25.5 Å². The van der Waals surface area contributed by atoms with Crippen LogP contribution in [0.3, 0.4) is 0 Å². The topological polar surface area (TPSA) is 83.6 Å². The summed E-state index contributed by atoms with van der Waals surface area (Å²) < 4.78 is 0. The van der Waals surface area contributed by atoms with Crippen molar-refractivity contribution in [2.45, 2.75) is 18.1 Å². The van der Waals surface area contributed by atoms with E-state index >= 15 is 0 Å². The monoisotopic (exact) mass is 407 g/mol. The Morgan fingerprint density at radius 2 is 2.04 bits per heavy atom. The largest absolute Gasteiger partial charge is 0.349 e. The van der Waals surface area contributed by atoms with E-state index in [0.717, 1.165) is 11.1 Å². The molecule has 1 atom stereocenters. The Bertz CT molecular complexity index is 903. The zero-order valence-electron chi connectivity index (χ0n) is 13.7. The van der Waals surface area contributed by atoms with Crippen LogP contribution in [0.2, 0.25) is 10.0 Å². The first-order valence-electron chi connectivity index (χ1n) is 7.73. The van der Waals surface area contributed by atoms with Crippen LogP contribution in [0, 0.1) is 0 Å². The van der Waals surface area contributed by atoms with E-state index in [1.807, 2.05) is 19.1 Å². The minimum absolute atomic E-state index is 0.135. The highest BCUT2D eigenvalue weighted by molar-refractivity contribution is 7.99. The third-order valence-electron chi connectivity index (χ3n) is 3.56. The van der Waals surface area contributed by atoms with Crippen LogP contribution in [0.4, 0.5) is 0 Å². The highest BCUT2D eigenvalue weighted by Crippen LogP contribution is 2.26. The van der Waals surface area contributed by atoms with Crippen LogP contribution in [-0.2, 0) is 4.79 Å². The maximum absolute atomic E-state index is 12.2. The molecule has 0 radical (unpaired) electrons. The fourth-order valence-electron chi connectivity index (χ4n) is 2.29. The van der Waals surface area contributed by atoms with Crippen LogP contribution in [0.5, 0.6) is 0 Å². The smallest absolute Gasteiger partial charge is 0.230 e. The van der Waals surface area contributed by atoms with Gasteiger partial charge < -0.3 is 5.32 Å². The van der Waals surface area contributed by atoms with Gasteiger partial charge in [-0.15, -0.1) is 5.10 Å². The lowest BCUT2D eigenvalue weighted by molar-refractivity contribution is -0.119. The fraction of sp³-hybridized carbons (Fsp3) is 0.176. The molecule has 0 saturated heterocycles. The Morgan fingerprint density at radius 3 is 2.77 bits per heavy atom. The molecule has 1 amide bonds. The molecule has 0 aliphatic heterocycles. The lowest BCUT2D eigenvalue weighted by atomic mass is 10.1. The van der Waals surface area contributed by atoms with Crippen molar-refractivity contribution in [1.82, 2.24) is 25.5 Å². The third kappa shape index (κ3) is 4.75. The van der Waals surface area contributed by atoms with E-state index in [0.29, 0.717) is 21.0 Å². The summed E-state index contributed by atoms with van der Waals surface area (Å²) in [6.07, 6.45) is 3.36. The number of nitrogens with one attached hydrogen (secondary N) is 2. The van der Waals surface area contributed by atoms with Gasteiger partial charge in [0.25, 0.3) is 0 Å². The highest BCUT2D eigenvalue weighted by Gasteiger charge is 2.14. The number of hydrogen-bond acceptors (Lipinski definition) is 5. The van der Waals surface area contributed by atoms with Gasteiger partial charge in [-0.2, -0.15) is 0 Å². The van der Waals surface area contributed by atoms with Crippen LogP contribution in [0.25, 0.3) is 11.4 Å². The van der Waals surface area contributed by atoms with Gasteiger partial charge in [0.05, 0.1) is 11.8 Å². The van der Waals surface area contributed by atoms with E-state index in [-0.39, 0.29) is 17.7 Å². The summed E-state index contributed by atoms with van der Waals surface area (Å²) in [5.74, 6) is 0.698. The Balaban J connectivity index is 1.55. The zero-order chi connectivity index (χ0) is 18.5. The molecule has 0 unspecified atom stereocenters. The number of aromatic amines is 1. The molecule has 26 heavy (non-hydrogen) atoms. The summed E-state index contributed by atoms with van der Waals surface area (Å²) >= 11 is 13.3. The first-order valence-corrected chi connectivity index (χ1v) is 9.47. The molecule has 9 heteroatoms. The number of aromatic nitrogens is 4. The first-order chi connectivity index (χ1) is 12.5. The molecule has 0 saturated carbocycles. The molecule has 2 heterocycles. The zero-order valence-corrected chi connectivity index (χ0v) is 16.1. The van der Waals surface area contributed by atoms with Crippen molar-refractivity contribution in [2.24, 2.45) is 0 Å². The van der Waals surface area contributed by atoms with Crippen molar-refractivity contribution in [3.8, 4) is 11.4 Å². The van der Waals surface area contributed by atoms with Gasteiger partial charge in [-0.25, -0.2) is 4.98 Å². The number of carbonyl (C=O) groups excluding carboxylic acids is 1. The van der Waals surface area contributed by atoms with Crippen molar-refractivity contribution >= 4 is 40.9 Å². The first kappa shape index (κ1) is 18.7. The standard InChI is InChI=1S/C17H15Cl2N5OS/c1-10(13-3-2-12(18)8-14(13)19)21-15(25)9-26-17-22-16(23-24-17)11-4-6-20-7-5-11/h2-8,10H,9H2,1H3,(H,21,25)(H,22,23,24)/t10-/m1/s1. The normalized spacial score (nSPS) is 12.0. The van der Waals surface area contributed by atoms with Crippen LogP contribution in [0.1, 0.15) is 18.5 Å². The molecule has 2 N–H and O–H groups in total. The van der Waals surface area contributed by atoms with Gasteiger partial charge in [0.1, 0.15) is 0 Å². The van der Waals surface area contributed by atoms with Crippen molar-refractivity contribution in [1.29, 1.82) is 0 Å². The number of halogens is 2. The number of thioether (sulfide) groups is 1. The van der Waals surface area contributed by atoms with Gasteiger partial charge in [-0.3, -0.25) is 14.9 Å². The molecule has 3 aromatic rings. The SMILES string of the molecule is C[C@@H](NC(=O)CSc1n[nH]c(-c2ccncc2)n1)c1ccc(Cl)cc1Cl. The summed E-state index contributed by atoms with van der Waals surface area (Å²) in [4.78, 5) is 20.5. The van der Waals surface area contributed by atoms with Gasteiger partial charge >= 0.3 is 0 Å².